The fourth-order valence-corrected chi connectivity index (χ4v) is 1.56. The molecule has 0 amide bonds. The van der Waals surface area contributed by atoms with Gasteiger partial charge in [-0.1, -0.05) is 0 Å². The minimum absolute atomic E-state index is 0.0000699. The largest absolute Gasteiger partial charge is 0.508 e. The van der Waals surface area contributed by atoms with Crippen LogP contribution in [0.1, 0.15) is 10.4 Å². The number of pyridine rings is 1. The predicted octanol–water partition coefficient (Wildman–Crippen LogP) is 0.949. The zero-order chi connectivity index (χ0) is 12.4. The van der Waals surface area contributed by atoms with Crippen LogP contribution in [0.3, 0.4) is 0 Å². The third-order valence-corrected chi connectivity index (χ3v) is 2.31. The van der Waals surface area contributed by atoms with Crippen LogP contribution in [-0.2, 0) is 0 Å². The van der Waals surface area contributed by atoms with Crippen molar-refractivity contribution in [2.75, 3.05) is 5.73 Å². The molecule has 2 rings (SSSR count). The molecule has 1 aromatic heterocycles. The van der Waals surface area contributed by atoms with Gasteiger partial charge in [-0.05, 0) is 18.2 Å². The Bertz CT molecular complexity index is 582. The molecule has 0 aliphatic carbocycles. The summed E-state index contributed by atoms with van der Waals surface area (Å²) < 4.78 is 1.55. The summed E-state index contributed by atoms with van der Waals surface area (Å²) in [6.07, 6.45) is 3.25. The Morgan fingerprint density at radius 1 is 1.29 bits per heavy atom. The van der Waals surface area contributed by atoms with E-state index in [1.165, 1.54) is 18.2 Å². The van der Waals surface area contributed by atoms with Crippen LogP contribution in [-0.4, -0.2) is 16.2 Å². The number of nitrogens with two attached hydrogens (primary N) is 1. The highest BCUT2D eigenvalue weighted by molar-refractivity contribution is 5.91. The normalized spacial score (nSPS) is 10.1. The van der Waals surface area contributed by atoms with Crippen LogP contribution >= 0.6 is 0 Å². The molecule has 0 fully saturated rings. The maximum atomic E-state index is 11.1. The first kappa shape index (κ1) is 10.9. The average molecular weight is 231 g/mol. The van der Waals surface area contributed by atoms with Crippen LogP contribution in [0.25, 0.3) is 5.69 Å². The van der Waals surface area contributed by atoms with Gasteiger partial charge in [-0.15, -0.1) is 0 Å². The third-order valence-electron chi connectivity index (χ3n) is 2.31. The van der Waals surface area contributed by atoms with Gasteiger partial charge in [0.2, 0.25) is 5.69 Å². The first-order chi connectivity index (χ1) is 8.08. The van der Waals surface area contributed by atoms with Gasteiger partial charge < -0.3 is 15.9 Å². The number of benzene rings is 1. The molecule has 0 radical (unpaired) electrons. The van der Waals surface area contributed by atoms with Crippen LogP contribution in [0.5, 0.6) is 5.75 Å². The van der Waals surface area contributed by atoms with Crippen molar-refractivity contribution < 1.29 is 19.6 Å². The number of hydrogen-bond donors (Lipinski definition) is 3. The second-order valence-corrected chi connectivity index (χ2v) is 3.55. The monoisotopic (exact) mass is 231 g/mol. The van der Waals surface area contributed by atoms with E-state index in [1.54, 1.807) is 29.1 Å². The van der Waals surface area contributed by atoms with Crippen LogP contribution in [0.4, 0.5) is 5.69 Å². The zero-order valence-corrected chi connectivity index (χ0v) is 8.87. The van der Waals surface area contributed by atoms with Crippen molar-refractivity contribution in [2.24, 2.45) is 0 Å². The molecule has 0 spiro atoms. The maximum Gasteiger partial charge on any atom is 0.342 e. The van der Waals surface area contributed by atoms with Crippen LogP contribution < -0.4 is 10.3 Å². The lowest BCUT2D eigenvalue weighted by Crippen LogP contribution is -2.32. The topological polar surface area (TPSA) is 87.4 Å². The number of carboxylic acids is 1. The first-order valence-corrected chi connectivity index (χ1v) is 4.91. The van der Waals surface area contributed by atoms with E-state index in [2.05, 4.69) is 0 Å². The van der Waals surface area contributed by atoms with Gasteiger partial charge in [-0.2, -0.15) is 4.57 Å². The fraction of sp³-hybridized carbons (Fsp3) is 0. The molecule has 1 aromatic carbocycles. The van der Waals surface area contributed by atoms with E-state index < -0.39 is 5.97 Å². The second-order valence-electron chi connectivity index (χ2n) is 3.55. The van der Waals surface area contributed by atoms with Gasteiger partial charge in [-0.3, -0.25) is 0 Å². The van der Waals surface area contributed by atoms with Crippen LogP contribution in [0.15, 0.2) is 42.7 Å². The molecule has 4 N–H and O–H groups in total. The Morgan fingerprint density at radius 3 is 2.71 bits per heavy atom. The Kier molecular flexibility index (Phi) is 2.66. The molecule has 5 heteroatoms. The second kappa shape index (κ2) is 4.13. The lowest BCUT2D eigenvalue weighted by atomic mass is 10.1. The summed E-state index contributed by atoms with van der Waals surface area (Å²) in [6.45, 7) is 0. The standard InChI is InChI=1S/C12H10N2O3/c13-8-2-1-5-14(7-8)11-6-9(15)3-4-10(11)12(16)17/h1-7H,13H2,(H-,15,16,17)/p+1. The van der Waals surface area contributed by atoms with Gasteiger partial charge in [0.25, 0.3) is 0 Å². The highest BCUT2D eigenvalue weighted by atomic mass is 16.4. The number of phenols is 1. The molecule has 0 unspecified atom stereocenters. The highest BCUT2D eigenvalue weighted by Gasteiger charge is 2.18. The van der Waals surface area contributed by atoms with Crippen molar-refractivity contribution in [1.29, 1.82) is 0 Å². The van der Waals surface area contributed by atoms with Crippen molar-refractivity contribution in [1.82, 2.24) is 0 Å². The SMILES string of the molecule is Nc1ccc[n+](-c2cc(O)ccc2C(=O)O)c1. The van der Waals surface area contributed by atoms with E-state index in [0.29, 0.717) is 11.4 Å². The molecule has 17 heavy (non-hydrogen) atoms. The average Bonchev–Trinajstić information content (AvgIpc) is 2.28. The lowest BCUT2D eigenvalue weighted by Gasteiger charge is -2.01. The Labute approximate surface area is 97.4 Å². The molecular formula is C12H11N2O3+. The number of rotatable bonds is 2. The molecule has 0 saturated heterocycles. The van der Waals surface area contributed by atoms with Gasteiger partial charge in [-0.25, -0.2) is 4.79 Å². The molecule has 2 aromatic rings. The molecule has 86 valence electrons. The number of nitrogens with zero attached hydrogens (tertiary/aromatic N) is 1. The predicted molar refractivity (Wildman–Crippen MR) is 61.0 cm³/mol. The summed E-state index contributed by atoms with van der Waals surface area (Å²) in [5.41, 5.74) is 6.60. The van der Waals surface area contributed by atoms with Crippen molar-refractivity contribution in [3.63, 3.8) is 0 Å². The van der Waals surface area contributed by atoms with Gasteiger partial charge in [0.1, 0.15) is 11.3 Å². The van der Waals surface area contributed by atoms with Gasteiger partial charge in [0, 0.05) is 6.07 Å². The van der Waals surface area contributed by atoms with Crippen molar-refractivity contribution in [3.8, 4) is 11.4 Å². The summed E-state index contributed by atoms with van der Waals surface area (Å²) in [5.74, 6) is -1.06. The van der Waals surface area contributed by atoms with Gasteiger partial charge in [0.15, 0.2) is 12.4 Å². The molecule has 0 aliphatic rings. The maximum absolute atomic E-state index is 11.1. The molecule has 5 nitrogen and oxygen atoms in total. The minimum atomic E-state index is -1.06. The summed E-state index contributed by atoms with van der Waals surface area (Å²) in [4.78, 5) is 11.1. The summed E-state index contributed by atoms with van der Waals surface area (Å²) in [6, 6.07) is 7.46. The number of hydrogen-bond acceptors (Lipinski definition) is 3. The molecule has 1 heterocycles. The minimum Gasteiger partial charge on any atom is -0.508 e. The van der Waals surface area contributed by atoms with E-state index >= 15 is 0 Å². The number of aromatic carboxylic acids is 1. The van der Waals surface area contributed by atoms with Gasteiger partial charge >= 0.3 is 5.97 Å². The Morgan fingerprint density at radius 2 is 2.06 bits per heavy atom. The summed E-state index contributed by atoms with van der Waals surface area (Å²) >= 11 is 0. The summed E-state index contributed by atoms with van der Waals surface area (Å²) in [7, 11) is 0. The number of nitrogen functional groups attached to an aromatic ring is 1. The zero-order valence-electron chi connectivity index (χ0n) is 8.87. The highest BCUT2D eigenvalue weighted by Crippen LogP contribution is 2.17. The number of aromatic hydroxyl groups is 1. The summed E-state index contributed by atoms with van der Waals surface area (Å²) in [5, 5.41) is 18.5. The van der Waals surface area contributed by atoms with E-state index in [4.69, 9.17) is 10.8 Å². The van der Waals surface area contributed by atoms with Crippen LogP contribution in [0.2, 0.25) is 0 Å². The van der Waals surface area contributed by atoms with E-state index in [0.717, 1.165) is 0 Å². The molecule has 0 saturated carbocycles. The van der Waals surface area contributed by atoms with Crippen molar-refractivity contribution in [3.05, 3.63) is 48.3 Å². The van der Waals surface area contributed by atoms with Gasteiger partial charge in [0.05, 0.1) is 11.8 Å². The van der Waals surface area contributed by atoms with Crippen LogP contribution in [0, 0.1) is 0 Å². The number of carbonyl (C=O) groups is 1. The number of phenolic OH excluding ortho intramolecular Hbond substituents is 1. The number of aromatic nitrogens is 1. The first-order valence-electron chi connectivity index (χ1n) is 4.91. The third kappa shape index (κ3) is 2.17. The van der Waals surface area contributed by atoms with E-state index in [1.807, 2.05) is 0 Å². The molecule has 0 atom stereocenters. The van der Waals surface area contributed by atoms with Crippen molar-refractivity contribution in [2.45, 2.75) is 0 Å². The Hall–Kier alpha value is -2.56. The van der Waals surface area contributed by atoms with E-state index in [9.17, 15) is 9.90 Å². The lowest BCUT2D eigenvalue weighted by molar-refractivity contribution is -0.595. The molecule has 0 bridgehead atoms. The number of anilines is 1. The number of carboxylic acid groups (broad SMARTS) is 1. The quantitative estimate of drug-likeness (QED) is 0.671. The Balaban J connectivity index is 2.65. The smallest absolute Gasteiger partial charge is 0.342 e. The van der Waals surface area contributed by atoms with Crippen molar-refractivity contribution >= 4 is 11.7 Å². The van der Waals surface area contributed by atoms with E-state index in [-0.39, 0.29) is 11.3 Å². The molecule has 0 aliphatic heterocycles. The fourth-order valence-electron chi connectivity index (χ4n) is 1.56. The molecular weight excluding hydrogens is 220 g/mol.